The Balaban J connectivity index is 1.63. The standard InChI is InChI=1S/C20H26N2O/c1-2-23-20-11-7-6-10-19(20)22-18-14-12-17(13-15-18)21-16-8-4-3-5-9-16/h6-7,10-16,21-22H,2-5,8-9H2,1H3. The third kappa shape index (κ3) is 4.41. The number of rotatable bonds is 6. The number of hydrogen-bond donors (Lipinski definition) is 2. The van der Waals surface area contributed by atoms with Crippen LogP contribution in [0.15, 0.2) is 48.5 Å². The van der Waals surface area contributed by atoms with Gasteiger partial charge in [0, 0.05) is 17.4 Å². The predicted molar refractivity (Wildman–Crippen MR) is 97.8 cm³/mol. The van der Waals surface area contributed by atoms with E-state index in [4.69, 9.17) is 4.74 Å². The molecule has 3 heteroatoms. The second kappa shape index (κ2) is 7.91. The van der Waals surface area contributed by atoms with Crippen molar-refractivity contribution in [1.29, 1.82) is 0 Å². The fraction of sp³-hybridized carbons (Fsp3) is 0.400. The van der Waals surface area contributed by atoms with Gasteiger partial charge in [-0.25, -0.2) is 0 Å². The summed E-state index contributed by atoms with van der Waals surface area (Å²) >= 11 is 0. The third-order valence-electron chi connectivity index (χ3n) is 4.33. The summed E-state index contributed by atoms with van der Waals surface area (Å²) in [7, 11) is 0. The van der Waals surface area contributed by atoms with Gasteiger partial charge in [-0.05, 0) is 56.2 Å². The third-order valence-corrected chi connectivity index (χ3v) is 4.33. The quantitative estimate of drug-likeness (QED) is 0.731. The SMILES string of the molecule is CCOc1ccccc1Nc1ccc(NC2CCCCC2)cc1. The molecule has 0 radical (unpaired) electrons. The van der Waals surface area contributed by atoms with Crippen molar-refractivity contribution in [2.45, 2.75) is 45.1 Å². The van der Waals surface area contributed by atoms with Gasteiger partial charge in [0.25, 0.3) is 0 Å². The van der Waals surface area contributed by atoms with Gasteiger partial charge < -0.3 is 15.4 Å². The van der Waals surface area contributed by atoms with Crippen molar-refractivity contribution >= 4 is 17.1 Å². The van der Waals surface area contributed by atoms with Crippen LogP contribution in [0.1, 0.15) is 39.0 Å². The summed E-state index contributed by atoms with van der Waals surface area (Å²) in [5.74, 6) is 0.888. The van der Waals surface area contributed by atoms with Crippen LogP contribution >= 0.6 is 0 Å². The highest BCUT2D eigenvalue weighted by atomic mass is 16.5. The van der Waals surface area contributed by atoms with Gasteiger partial charge in [0.2, 0.25) is 0 Å². The molecule has 1 aliphatic rings. The summed E-state index contributed by atoms with van der Waals surface area (Å²) in [5, 5.41) is 7.09. The zero-order chi connectivity index (χ0) is 15.9. The van der Waals surface area contributed by atoms with Gasteiger partial charge in [0.1, 0.15) is 5.75 Å². The van der Waals surface area contributed by atoms with E-state index < -0.39 is 0 Å². The molecule has 0 aliphatic heterocycles. The van der Waals surface area contributed by atoms with Gasteiger partial charge in [-0.15, -0.1) is 0 Å². The minimum absolute atomic E-state index is 0.640. The Hall–Kier alpha value is -2.16. The maximum atomic E-state index is 5.66. The Morgan fingerprint density at radius 1 is 0.913 bits per heavy atom. The number of para-hydroxylation sites is 2. The van der Waals surface area contributed by atoms with Crippen LogP contribution in [0.2, 0.25) is 0 Å². The lowest BCUT2D eigenvalue weighted by atomic mass is 9.95. The molecular formula is C20H26N2O. The van der Waals surface area contributed by atoms with Gasteiger partial charge in [0.15, 0.2) is 0 Å². The fourth-order valence-electron chi connectivity index (χ4n) is 3.14. The van der Waals surface area contributed by atoms with Crippen molar-refractivity contribution in [2.75, 3.05) is 17.2 Å². The maximum Gasteiger partial charge on any atom is 0.142 e. The Labute approximate surface area is 139 Å². The molecule has 0 bridgehead atoms. The Morgan fingerprint density at radius 2 is 1.61 bits per heavy atom. The van der Waals surface area contributed by atoms with Crippen molar-refractivity contribution in [3.05, 3.63) is 48.5 Å². The zero-order valence-corrected chi connectivity index (χ0v) is 13.8. The van der Waals surface area contributed by atoms with Crippen molar-refractivity contribution in [2.24, 2.45) is 0 Å². The molecule has 0 spiro atoms. The molecule has 0 atom stereocenters. The molecule has 1 fully saturated rings. The maximum absolute atomic E-state index is 5.66. The summed E-state index contributed by atoms with van der Waals surface area (Å²) in [6.45, 7) is 2.67. The molecule has 1 saturated carbocycles. The average molecular weight is 310 g/mol. The molecule has 122 valence electrons. The fourth-order valence-corrected chi connectivity index (χ4v) is 3.14. The minimum Gasteiger partial charge on any atom is -0.492 e. The van der Waals surface area contributed by atoms with E-state index >= 15 is 0 Å². The van der Waals surface area contributed by atoms with E-state index in [0.29, 0.717) is 12.6 Å². The van der Waals surface area contributed by atoms with Crippen LogP contribution < -0.4 is 15.4 Å². The lowest BCUT2D eigenvalue weighted by Gasteiger charge is -2.24. The van der Waals surface area contributed by atoms with E-state index in [1.807, 2.05) is 31.2 Å². The van der Waals surface area contributed by atoms with Gasteiger partial charge in [-0.1, -0.05) is 31.4 Å². The van der Waals surface area contributed by atoms with Gasteiger partial charge in [0.05, 0.1) is 12.3 Å². The molecule has 0 amide bonds. The lowest BCUT2D eigenvalue weighted by molar-refractivity contribution is 0.342. The monoisotopic (exact) mass is 310 g/mol. The van der Waals surface area contributed by atoms with E-state index in [1.54, 1.807) is 0 Å². The van der Waals surface area contributed by atoms with Gasteiger partial charge in [-0.2, -0.15) is 0 Å². The number of nitrogens with one attached hydrogen (secondary N) is 2. The molecule has 0 saturated heterocycles. The summed E-state index contributed by atoms with van der Waals surface area (Å²) in [4.78, 5) is 0. The molecule has 0 aromatic heterocycles. The first-order chi connectivity index (χ1) is 11.3. The lowest BCUT2D eigenvalue weighted by Crippen LogP contribution is -2.22. The molecule has 2 aromatic carbocycles. The molecule has 2 aromatic rings. The molecule has 0 heterocycles. The first-order valence-electron chi connectivity index (χ1n) is 8.70. The first-order valence-corrected chi connectivity index (χ1v) is 8.70. The Kier molecular flexibility index (Phi) is 5.41. The molecule has 23 heavy (non-hydrogen) atoms. The van der Waals surface area contributed by atoms with Crippen molar-refractivity contribution in [3.8, 4) is 5.75 Å². The molecule has 2 N–H and O–H groups in total. The average Bonchev–Trinajstić information content (AvgIpc) is 2.60. The summed E-state index contributed by atoms with van der Waals surface area (Å²) < 4.78 is 5.66. The van der Waals surface area contributed by atoms with Crippen LogP contribution in [0, 0.1) is 0 Å². The highest BCUT2D eigenvalue weighted by molar-refractivity contribution is 5.67. The second-order valence-electron chi connectivity index (χ2n) is 6.11. The van der Waals surface area contributed by atoms with E-state index in [9.17, 15) is 0 Å². The van der Waals surface area contributed by atoms with Gasteiger partial charge >= 0.3 is 0 Å². The number of anilines is 3. The van der Waals surface area contributed by atoms with Crippen molar-refractivity contribution in [3.63, 3.8) is 0 Å². The largest absolute Gasteiger partial charge is 0.492 e. The van der Waals surface area contributed by atoms with Crippen molar-refractivity contribution < 1.29 is 4.74 Å². The zero-order valence-electron chi connectivity index (χ0n) is 13.8. The Bertz CT molecular complexity index is 603. The van der Waals surface area contributed by atoms with E-state index in [1.165, 1.54) is 37.8 Å². The molecule has 1 aliphatic carbocycles. The van der Waals surface area contributed by atoms with Gasteiger partial charge in [-0.3, -0.25) is 0 Å². The normalized spacial score (nSPS) is 15.2. The van der Waals surface area contributed by atoms with Crippen LogP contribution in [-0.2, 0) is 0 Å². The predicted octanol–water partition coefficient (Wildman–Crippen LogP) is 5.57. The topological polar surface area (TPSA) is 33.3 Å². The Morgan fingerprint density at radius 3 is 2.35 bits per heavy atom. The van der Waals surface area contributed by atoms with E-state index in [0.717, 1.165) is 17.1 Å². The highest BCUT2D eigenvalue weighted by Gasteiger charge is 2.12. The number of hydrogen-bond acceptors (Lipinski definition) is 3. The van der Waals surface area contributed by atoms with Crippen LogP contribution in [0.4, 0.5) is 17.1 Å². The van der Waals surface area contributed by atoms with E-state index in [-0.39, 0.29) is 0 Å². The van der Waals surface area contributed by atoms with E-state index in [2.05, 4.69) is 34.9 Å². The van der Waals surface area contributed by atoms with Crippen LogP contribution in [0.5, 0.6) is 5.75 Å². The van der Waals surface area contributed by atoms with Crippen LogP contribution in [0.25, 0.3) is 0 Å². The highest BCUT2D eigenvalue weighted by Crippen LogP contribution is 2.28. The number of benzene rings is 2. The van der Waals surface area contributed by atoms with Crippen LogP contribution in [0.3, 0.4) is 0 Å². The smallest absolute Gasteiger partial charge is 0.142 e. The molecule has 3 nitrogen and oxygen atoms in total. The minimum atomic E-state index is 0.640. The molecule has 0 unspecified atom stereocenters. The summed E-state index contributed by atoms with van der Waals surface area (Å²) in [6, 6.07) is 17.2. The van der Waals surface area contributed by atoms with Crippen molar-refractivity contribution in [1.82, 2.24) is 0 Å². The second-order valence-corrected chi connectivity index (χ2v) is 6.11. The summed E-state index contributed by atoms with van der Waals surface area (Å²) in [6.07, 6.45) is 6.68. The van der Waals surface area contributed by atoms with Crippen LogP contribution in [-0.4, -0.2) is 12.6 Å². The summed E-state index contributed by atoms with van der Waals surface area (Å²) in [5.41, 5.74) is 3.29. The first kappa shape index (κ1) is 15.7. The molecular weight excluding hydrogens is 284 g/mol. The molecule has 3 rings (SSSR count). The number of ether oxygens (including phenoxy) is 1.